The van der Waals surface area contributed by atoms with Gasteiger partial charge in [0.05, 0.1) is 17.1 Å². The van der Waals surface area contributed by atoms with E-state index < -0.39 is 5.97 Å². The lowest BCUT2D eigenvalue weighted by molar-refractivity contribution is -0.0880. The summed E-state index contributed by atoms with van der Waals surface area (Å²) in [5.74, 6) is -1.22. The normalized spacial score (nSPS) is 28.7. The lowest BCUT2D eigenvalue weighted by Crippen LogP contribution is -2.48. The zero-order valence-corrected chi connectivity index (χ0v) is 12.3. The molecule has 7 heteroatoms. The second-order valence-electron chi connectivity index (χ2n) is 5.47. The van der Waals surface area contributed by atoms with Crippen molar-refractivity contribution in [1.29, 1.82) is 0 Å². The molecule has 2 unspecified atom stereocenters. The molecule has 2 fully saturated rings. The van der Waals surface area contributed by atoms with Gasteiger partial charge in [-0.05, 0) is 25.0 Å². The van der Waals surface area contributed by atoms with Crippen LogP contribution in [-0.4, -0.2) is 48.4 Å². The minimum atomic E-state index is -1.01. The second-order valence-corrected chi connectivity index (χ2v) is 6.55. The Labute approximate surface area is 126 Å². The Morgan fingerprint density at radius 1 is 1.33 bits per heavy atom. The maximum absolute atomic E-state index is 12.2. The summed E-state index contributed by atoms with van der Waals surface area (Å²) in [6.45, 7) is 1.90. The van der Waals surface area contributed by atoms with Crippen LogP contribution in [0, 0.1) is 0 Å². The first-order chi connectivity index (χ1) is 10.1. The number of rotatable bonds is 3. The maximum atomic E-state index is 12.2. The van der Waals surface area contributed by atoms with Gasteiger partial charge in [0.15, 0.2) is 0 Å². The van der Waals surface area contributed by atoms with Crippen molar-refractivity contribution in [3.63, 3.8) is 0 Å². The van der Waals surface area contributed by atoms with Crippen molar-refractivity contribution in [1.82, 2.24) is 5.32 Å². The third-order valence-corrected chi connectivity index (χ3v) is 5.01. The molecule has 1 aromatic heterocycles. The number of carbonyl (C=O) groups excluding carboxylic acids is 1. The standard InChI is InChI=1S/C14H17NO5S/c16-12(10-1-2-11(21-10)13(17)18)15-9-3-5-20-14(7-9)4-6-19-8-14/h1-2,9H,3-8H2,(H,15,16)(H,17,18). The Bertz CT molecular complexity index is 549. The van der Waals surface area contributed by atoms with E-state index in [2.05, 4.69) is 5.32 Å². The highest BCUT2D eigenvalue weighted by Crippen LogP contribution is 2.33. The van der Waals surface area contributed by atoms with Crippen molar-refractivity contribution in [3.8, 4) is 0 Å². The largest absolute Gasteiger partial charge is 0.477 e. The minimum absolute atomic E-state index is 0.0447. The molecule has 0 aliphatic carbocycles. The van der Waals surface area contributed by atoms with Crippen LogP contribution in [0.25, 0.3) is 0 Å². The van der Waals surface area contributed by atoms with Gasteiger partial charge in [0, 0.05) is 25.7 Å². The molecule has 1 aromatic rings. The Morgan fingerprint density at radius 3 is 2.81 bits per heavy atom. The van der Waals surface area contributed by atoms with E-state index >= 15 is 0 Å². The first-order valence-electron chi connectivity index (χ1n) is 6.94. The number of aromatic carboxylic acids is 1. The van der Waals surface area contributed by atoms with Gasteiger partial charge < -0.3 is 19.9 Å². The van der Waals surface area contributed by atoms with E-state index in [1.54, 1.807) is 6.07 Å². The van der Waals surface area contributed by atoms with Crippen molar-refractivity contribution in [2.75, 3.05) is 19.8 Å². The van der Waals surface area contributed by atoms with Crippen LogP contribution in [0.3, 0.4) is 0 Å². The van der Waals surface area contributed by atoms with Gasteiger partial charge in [-0.3, -0.25) is 4.79 Å². The summed E-state index contributed by atoms with van der Waals surface area (Å²) in [5.41, 5.74) is -0.252. The van der Waals surface area contributed by atoms with Gasteiger partial charge in [-0.15, -0.1) is 11.3 Å². The highest BCUT2D eigenvalue weighted by atomic mass is 32.1. The molecule has 3 heterocycles. The monoisotopic (exact) mass is 311 g/mol. The predicted octanol–water partition coefficient (Wildman–Crippen LogP) is 1.51. The van der Waals surface area contributed by atoms with Crippen LogP contribution >= 0.6 is 11.3 Å². The molecule has 2 atom stereocenters. The van der Waals surface area contributed by atoms with Gasteiger partial charge in [0.2, 0.25) is 0 Å². The zero-order chi connectivity index (χ0) is 14.9. The molecule has 0 aromatic carbocycles. The first-order valence-corrected chi connectivity index (χ1v) is 7.75. The fourth-order valence-electron chi connectivity index (χ4n) is 2.85. The van der Waals surface area contributed by atoms with Crippen LogP contribution in [0.2, 0.25) is 0 Å². The summed E-state index contributed by atoms with van der Waals surface area (Å²) in [6, 6.07) is 3.05. The van der Waals surface area contributed by atoms with E-state index in [1.807, 2.05) is 0 Å². The number of hydrogen-bond acceptors (Lipinski definition) is 5. The number of carboxylic acids is 1. The fourth-order valence-corrected chi connectivity index (χ4v) is 3.59. The van der Waals surface area contributed by atoms with Crippen LogP contribution in [0.15, 0.2) is 12.1 Å². The lowest BCUT2D eigenvalue weighted by atomic mass is 9.89. The summed E-state index contributed by atoms with van der Waals surface area (Å²) in [6.07, 6.45) is 2.38. The SMILES string of the molecule is O=C(O)c1ccc(C(=O)NC2CCOC3(CCOC3)C2)s1. The molecule has 2 N–H and O–H groups in total. The topological polar surface area (TPSA) is 84.9 Å². The molecule has 3 rings (SSSR count). The van der Waals surface area contributed by atoms with Crippen molar-refractivity contribution >= 4 is 23.2 Å². The van der Waals surface area contributed by atoms with E-state index in [4.69, 9.17) is 14.6 Å². The molecule has 2 aliphatic rings. The molecule has 21 heavy (non-hydrogen) atoms. The van der Waals surface area contributed by atoms with E-state index in [9.17, 15) is 9.59 Å². The number of carboxylic acid groups (broad SMARTS) is 1. The van der Waals surface area contributed by atoms with E-state index in [-0.39, 0.29) is 22.4 Å². The van der Waals surface area contributed by atoms with Gasteiger partial charge in [0.25, 0.3) is 5.91 Å². The van der Waals surface area contributed by atoms with Gasteiger partial charge in [-0.1, -0.05) is 0 Å². The van der Waals surface area contributed by atoms with E-state index in [0.29, 0.717) is 24.7 Å². The number of ether oxygens (including phenoxy) is 2. The maximum Gasteiger partial charge on any atom is 0.345 e. The van der Waals surface area contributed by atoms with Gasteiger partial charge >= 0.3 is 5.97 Å². The van der Waals surface area contributed by atoms with Gasteiger partial charge in [-0.25, -0.2) is 4.79 Å². The third kappa shape index (κ3) is 3.09. The smallest absolute Gasteiger partial charge is 0.345 e. The molecule has 0 radical (unpaired) electrons. The Kier molecular flexibility index (Phi) is 3.97. The number of amides is 1. The van der Waals surface area contributed by atoms with Crippen molar-refractivity contribution < 1.29 is 24.2 Å². The molecule has 2 aliphatic heterocycles. The third-order valence-electron chi connectivity index (χ3n) is 3.94. The average Bonchev–Trinajstić information content (AvgIpc) is 3.08. The highest BCUT2D eigenvalue weighted by molar-refractivity contribution is 7.15. The Balaban J connectivity index is 1.62. The van der Waals surface area contributed by atoms with Crippen LogP contribution in [0.1, 0.15) is 38.6 Å². The Hall–Kier alpha value is -1.44. The van der Waals surface area contributed by atoms with Crippen LogP contribution in [-0.2, 0) is 9.47 Å². The summed E-state index contributed by atoms with van der Waals surface area (Å²) in [5, 5.41) is 11.9. The summed E-state index contributed by atoms with van der Waals surface area (Å²) in [4.78, 5) is 23.6. The average molecular weight is 311 g/mol. The number of nitrogens with one attached hydrogen (secondary N) is 1. The lowest BCUT2D eigenvalue weighted by Gasteiger charge is -2.37. The highest BCUT2D eigenvalue weighted by Gasteiger charge is 2.41. The summed E-state index contributed by atoms with van der Waals surface area (Å²) >= 11 is 0.994. The molecule has 1 spiro atoms. The number of thiophene rings is 1. The van der Waals surface area contributed by atoms with Crippen molar-refractivity contribution in [2.24, 2.45) is 0 Å². The second kappa shape index (κ2) is 5.75. The van der Waals surface area contributed by atoms with E-state index in [1.165, 1.54) is 6.07 Å². The first kappa shape index (κ1) is 14.5. The van der Waals surface area contributed by atoms with Gasteiger partial charge in [-0.2, -0.15) is 0 Å². The molecule has 114 valence electrons. The summed E-state index contributed by atoms with van der Waals surface area (Å²) < 4.78 is 11.2. The minimum Gasteiger partial charge on any atom is -0.477 e. The van der Waals surface area contributed by atoms with E-state index in [0.717, 1.165) is 30.6 Å². The molecule has 2 saturated heterocycles. The van der Waals surface area contributed by atoms with Crippen LogP contribution in [0.5, 0.6) is 0 Å². The van der Waals surface area contributed by atoms with Crippen molar-refractivity contribution in [2.45, 2.75) is 30.9 Å². The number of carbonyl (C=O) groups is 2. The van der Waals surface area contributed by atoms with Crippen molar-refractivity contribution in [3.05, 3.63) is 21.9 Å². The molecular weight excluding hydrogens is 294 g/mol. The molecule has 0 saturated carbocycles. The fraction of sp³-hybridized carbons (Fsp3) is 0.571. The number of hydrogen-bond donors (Lipinski definition) is 2. The Morgan fingerprint density at radius 2 is 2.14 bits per heavy atom. The molecule has 0 bridgehead atoms. The summed E-state index contributed by atoms with van der Waals surface area (Å²) in [7, 11) is 0. The molecule has 6 nitrogen and oxygen atoms in total. The quantitative estimate of drug-likeness (QED) is 0.884. The van der Waals surface area contributed by atoms with Crippen LogP contribution in [0.4, 0.5) is 0 Å². The molecule has 1 amide bonds. The van der Waals surface area contributed by atoms with Gasteiger partial charge in [0.1, 0.15) is 4.88 Å². The van der Waals surface area contributed by atoms with Crippen LogP contribution < -0.4 is 5.32 Å². The predicted molar refractivity (Wildman–Crippen MR) is 75.9 cm³/mol. The molecular formula is C14H17NO5S. The zero-order valence-electron chi connectivity index (χ0n) is 11.5.